The van der Waals surface area contributed by atoms with Crippen LogP contribution in [-0.2, 0) is 4.79 Å². The van der Waals surface area contributed by atoms with Crippen LogP contribution in [0.5, 0.6) is 0 Å². The molecule has 0 bridgehead atoms. The number of hydrogen-bond acceptors (Lipinski definition) is 6. The molecular weight excluding hydrogens is 228 g/mol. The number of hydrogen-bond donors (Lipinski definition) is 1. The lowest BCUT2D eigenvalue weighted by atomic mass is 9.94. The summed E-state index contributed by atoms with van der Waals surface area (Å²) in [6.07, 6.45) is 3.20. The minimum absolute atomic E-state index is 0.257. The summed E-state index contributed by atoms with van der Waals surface area (Å²) in [6.45, 7) is 1.85. The van der Waals surface area contributed by atoms with Gasteiger partial charge < -0.3 is 10.0 Å². The Balaban J connectivity index is 1.87. The molecule has 0 radical (unpaired) electrons. The van der Waals surface area contributed by atoms with Crippen molar-refractivity contribution in [1.29, 1.82) is 0 Å². The van der Waals surface area contributed by atoms with Crippen LogP contribution in [0.3, 0.4) is 0 Å². The Labute approximate surface area is 97.4 Å². The van der Waals surface area contributed by atoms with Crippen LogP contribution < -0.4 is 4.90 Å². The molecular formula is C9H14N4O2S. The quantitative estimate of drug-likeness (QED) is 0.849. The summed E-state index contributed by atoms with van der Waals surface area (Å²) in [5.41, 5.74) is 0. The van der Waals surface area contributed by atoms with Gasteiger partial charge in [0.05, 0.1) is 0 Å². The minimum atomic E-state index is -0.713. The second-order valence-corrected chi connectivity index (χ2v) is 4.74. The fourth-order valence-corrected chi connectivity index (χ4v) is 2.55. The van der Waals surface area contributed by atoms with Gasteiger partial charge in [-0.15, -0.1) is 0 Å². The summed E-state index contributed by atoms with van der Waals surface area (Å²) in [5, 5.41) is 17.0. The number of carboxylic acids is 1. The highest BCUT2D eigenvalue weighted by Crippen LogP contribution is 2.25. The molecule has 1 atom stereocenters. The van der Waals surface area contributed by atoms with Gasteiger partial charge in [0.1, 0.15) is 0 Å². The molecule has 0 aliphatic carbocycles. The van der Waals surface area contributed by atoms with Crippen molar-refractivity contribution in [2.45, 2.75) is 25.7 Å². The van der Waals surface area contributed by atoms with Crippen LogP contribution in [0.25, 0.3) is 0 Å². The third-order valence-electron chi connectivity index (χ3n) is 2.85. The first-order chi connectivity index (χ1) is 7.75. The lowest BCUT2D eigenvalue weighted by molar-refractivity contribution is -0.137. The minimum Gasteiger partial charge on any atom is -0.481 e. The maximum absolute atomic E-state index is 10.5. The predicted molar refractivity (Wildman–Crippen MR) is 59.5 cm³/mol. The monoisotopic (exact) mass is 242 g/mol. The molecule has 0 spiro atoms. The van der Waals surface area contributed by atoms with Crippen LogP contribution in [-0.4, -0.2) is 39.0 Å². The van der Waals surface area contributed by atoms with Crippen molar-refractivity contribution >= 4 is 22.6 Å². The van der Waals surface area contributed by atoms with E-state index in [0.717, 1.165) is 37.5 Å². The normalized spacial score (nSPS) is 21.0. The summed E-state index contributed by atoms with van der Waals surface area (Å²) < 4.78 is 3.74. The average Bonchev–Trinajstić information content (AvgIpc) is 2.80. The molecule has 0 amide bonds. The first-order valence-corrected chi connectivity index (χ1v) is 6.15. The van der Waals surface area contributed by atoms with E-state index >= 15 is 0 Å². The van der Waals surface area contributed by atoms with E-state index in [9.17, 15) is 4.79 Å². The third-order valence-corrected chi connectivity index (χ3v) is 3.50. The molecule has 7 heteroatoms. The van der Waals surface area contributed by atoms with Crippen molar-refractivity contribution in [3.63, 3.8) is 0 Å². The highest BCUT2D eigenvalue weighted by Gasteiger charge is 2.22. The van der Waals surface area contributed by atoms with E-state index in [0.29, 0.717) is 5.92 Å². The Bertz CT molecular complexity index is 343. The number of aromatic nitrogens is 3. The number of carboxylic acid groups (broad SMARTS) is 1. The van der Waals surface area contributed by atoms with E-state index in [1.165, 1.54) is 11.5 Å². The van der Waals surface area contributed by atoms with Gasteiger partial charge in [-0.3, -0.25) is 4.79 Å². The van der Waals surface area contributed by atoms with Crippen LogP contribution in [0.15, 0.2) is 0 Å². The number of anilines is 1. The van der Waals surface area contributed by atoms with E-state index in [2.05, 4.69) is 19.7 Å². The van der Waals surface area contributed by atoms with Gasteiger partial charge in [-0.1, -0.05) is 9.59 Å². The summed E-state index contributed by atoms with van der Waals surface area (Å²) in [7, 11) is 0. The Morgan fingerprint density at radius 1 is 1.62 bits per heavy atom. The Hall–Kier alpha value is -1.24. The predicted octanol–water partition coefficient (Wildman–Crippen LogP) is 1.01. The molecule has 2 rings (SSSR count). The molecule has 1 saturated heterocycles. The lowest BCUT2D eigenvalue weighted by Crippen LogP contribution is -2.35. The number of aliphatic carboxylic acids is 1. The van der Waals surface area contributed by atoms with Gasteiger partial charge in [0.25, 0.3) is 0 Å². The van der Waals surface area contributed by atoms with Crippen molar-refractivity contribution < 1.29 is 9.90 Å². The average molecular weight is 242 g/mol. The van der Waals surface area contributed by atoms with Gasteiger partial charge in [0.2, 0.25) is 5.13 Å². The number of rotatable bonds is 4. The fraction of sp³-hybridized carbons (Fsp3) is 0.778. The topological polar surface area (TPSA) is 79.2 Å². The van der Waals surface area contributed by atoms with E-state index in [-0.39, 0.29) is 6.42 Å². The van der Waals surface area contributed by atoms with Gasteiger partial charge in [-0.25, -0.2) is 0 Å². The summed E-state index contributed by atoms with van der Waals surface area (Å²) >= 11 is 1.29. The Kier molecular flexibility index (Phi) is 3.66. The largest absolute Gasteiger partial charge is 0.481 e. The molecule has 0 saturated carbocycles. The number of carbonyl (C=O) groups is 1. The molecule has 6 nitrogen and oxygen atoms in total. The second kappa shape index (κ2) is 5.20. The molecule has 0 aromatic carbocycles. The summed E-state index contributed by atoms with van der Waals surface area (Å²) in [6, 6.07) is 0. The molecule has 1 aliphatic heterocycles. The molecule has 1 aromatic rings. The lowest BCUT2D eigenvalue weighted by Gasteiger charge is -2.31. The van der Waals surface area contributed by atoms with Crippen molar-refractivity contribution in [2.24, 2.45) is 5.92 Å². The molecule has 16 heavy (non-hydrogen) atoms. The van der Waals surface area contributed by atoms with Gasteiger partial charge >= 0.3 is 5.97 Å². The zero-order valence-corrected chi connectivity index (χ0v) is 9.69. The van der Waals surface area contributed by atoms with Crippen molar-refractivity contribution in [3.8, 4) is 0 Å². The maximum atomic E-state index is 10.5. The fourth-order valence-electron chi connectivity index (χ4n) is 2.05. The van der Waals surface area contributed by atoms with Crippen molar-refractivity contribution in [2.75, 3.05) is 18.0 Å². The SMILES string of the molecule is O=C(O)CCC1CCCN(c2nnns2)C1. The van der Waals surface area contributed by atoms with Crippen LogP contribution in [0.4, 0.5) is 5.13 Å². The third kappa shape index (κ3) is 2.88. The van der Waals surface area contributed by atoms with Crippen LogP contribution in [0.2, 0.25) is 0 Å². The molecule has 1 fully saturated rings. The van der Waals surface area contributed by atoms with E-state index in [1.54, 1.807) is 0 Å². The van der Waals surface area contributed by atoms with E-state index in [1.807, 2.05) is 0 Å². The molecule has 1 aromatic heterocycles. The summed E-state index contributed by atoms with van der Waals surface area (Å²) in [4.78, 5) is 12.7. The first kappa shape index (κ1) is 11.3. The van der Waals surface area contributed by atoms with Crippen LogP contribution >= 0.6 is 11.5 Å². The van der Waals surface area contributed by atoms with E-state index in [4.69, 9.17) is 5.11 Å². The Morgan fingerprint density at radius 3 is 3.19 bits per heavy atom. The van der Waals surface area contributed by atoms with Gasteiger partial charge in [-0.05, 0) is 30.4 Å². The van der Waals surface area contributed by atoms with Crippen LogP contribution in [0, 0.1) is 5.92 Å². The highest BCUT2D eigenvalue weighted by molar-refractivity contribution is 7.09. The molecule has 1 N–H and O–H groups in total. The number of piperidine rings is 1. The first-order valence-electron chi connectivity index (χ1n) is 5.37. The molecule has 88 valence electrons. The standard InChI is InChI=1S/C9H14N4O2S/c14-8(15)4-3-7-2-1-5-13(6-7)9-10-11-12-16-9/h7H,1-6H2,(H,14,15). The highest BCUT2D eigenvalue weighted by atomic mass is 32.1. The van der Waals surface area contributed by atoms with Gasteiger partial charge in [0, 0.05) is 31.0 Å². The van der Waals surface area contributed by atoms with E-state index < -0.39 is 5.97 Å². The zero-order chi connectivity index (χ0) is 11.4. The van der Waals surface area contributed by atoms with Crippen molar-refractivity contribution in [3.05, 3.63) is 0 Å². The summed E-state index contributed by atoms with van der Waals surface area (Å²) in [5.74, 6) is -0.261. The van der Waals surface area contributed by atoms with Crippen molar-refractivity contribution in [1.82, 2.24) is 14.8 Å². The van der Waals surface area contributed by atoms with Gasteiger partial charge in [-0.2, -0.15) is 0 Å². The maximum Gasteiger partial charge on any atom is 0.303 e. The molecule has 1 unspecified atom stereocenters. The number of nitrogens with zero attached hydrogens (tertiary/aromatic N) is 4. The smallest absolute Gasteiger partial charge is 0.303 e. The second-order valence-electron chi connectivity index (χ2n) is 4.03. The molecule has 1 aliphatic rings. The van der Waals surface area contributed by atoms with Crippen LogP contribution in [0.1, 0.15) is 25.7 Å². The zero-order valence-electron chi connectivity index (χ0n) is 8.87. The molecule has 2 heterocycles. The Morgan fingerprint density at radius 2 is 2.50 bits per heavy atom. The van der Waals surface area contributed by atoms with Gasteiger partial charge in [0.15, 0.2) is 0 Å².